The van der Waals surface area contributed by atoms with E-state index in [2.05, 4.69) is 56.5 Å². The van der Waals surface area contributed by atoms with Crippen LogP contribution < -0.4 is 10.6 Å². The SMILES string of the molecule is CN=C(NCCn1cccc1)NCC1CN(C)CCN1C.I. The molecule has 1 aromatic rings. The van der Waals surface area contributed by atoms with Gasteiger partial charge in [-0.1, -0.05) is 0 Å². The Balaban J connectivity index is 0.00000242. The summed E-state index contributed by atoms with van der Waals surface area (Å²) in [7, 11) is 6.20. The molecule has 7 heteroatoms. The molecule has 6 nitrogen and oxygen atoms in total. The van der Waals surface area contributed by atoms with Gasteiger partial charge in [-0.15, -0.1) is 24.0 Å². The standard InChI is InChI=1S/C15H28N6.HI/c1-16-15(17-6-9-21-7-4-5-8-21)18-12-14-13-19(2)10-11-20(14)3;/h4-5,7-8,14H,6,9-13H2,1-3H3,(H2,16,17,18);1H. The predicted octanol–water partition coefficient (Wildman–Crippen LogP) is 0.517. The van der Waals surface area contributed by atoms with Crippen molar-refractivity contribution < 1.29 is 0 Å². The smallest absolute Gasteiger partial charge is 0.191 e. The molecule has 0 radical (unpaired) electrons. The van der Waals surface area contributed by atoms with Crippen LogP contribution in [-0.4, -0.2) is 80.2 Å². The third kappa shape index (κ3) is 6.13. The van der Waals surface area contributed by atoms with E-state index in [4.69, 9.17) is 0 Å². The lowest BCUT2D eigenvalue weighted by Gasteiger charge is -2.37. The van der Waals surface area contributed by atoms with E-state index in [1.165, 1.54) is 0 Å². The van der Waals surface area contributed by atoms with E-state index < -0.39 is 0 Å². The highest BCUT2D eigenvalue weighted by Gasteiger charge is 2.21. The molecule has 1 aromatic heterocycles. The normalized spacial score (nSPS) is 20.5. The summed E-state index contributed by atoms with van der Waals surface area (Å²) in [4.78, 5) is 9.09. The van der Waals surface area contributed by atoms with Crippen LogP contribution in [0.25, 0.3) is 0 Å². The van der Waals surface area contributed by atoms with Crippen molar-refractivity contribution in [1.29, 1.82) is 0 Å². The number of likely N-dealkylation sites (N-methyl/N-ethyl adjacent to an activating group) is 2. The Bertz CT molecular complexity index is 433. The molecule has 0 aromatic carbocycles. The monoisotopic (exact) mass is 420 g/mol. The van der Waals surface area contributed by atoms with Gasteiger partial charge in [0.1, 0.15) is 0 Å². The number of halogens is 1. The van der Waals surface area contributed by atoms with Crippen LogP contribution in [0.15, 0.2) is 29.5 Å². The predicted molar refractivity (Wildman–Crippen MR) is 103 cm³/mol. The zero-order valence-corrected chi connectivity index (χ0v) is 16.2. The minimum atomic E-state index is 0. The molecular weight excluding hydrogens is 391 g/mol. The fraction of sp³-hybridized carbons (Fsp3) is 0.667. The molecule has 0 aliphatic carbocycles. The van der Waals surface area contributed by atoms with Crippen molar-refractivity contribution in [1.82, 2.24) is 25.0 Å². The molecule has 0 spiro atoms. The largest absolute Gasteiger partial charge is 0.355 e. The second-order valence-electron chi connectivity index (χ2n) is 5.70. The van der Waals surface area contributed by atoms with E-state index in [9.17, 15) is 0 Å². The van der Waals surface area contributed by atoms with E-state index >= 15 is 0 Å². The third-order valence-corrected chi connectivity index (χ3v) is 4.04. The van der Waals surface area contributed by atoms with Crippen LogP contribution in [0.1, 0.15) is 0 Å². The Morgan fingerprint density at radius 3 is 2.59 bits per heavy atom. The van der Waals surface area contributed by atoms with E-state index in [1.807, 2.05) is 19.2 Å². The number of hydrogen-bond acceptors (Lipinski definition) is 3. The van der Waals surface area contributed by atoms with Gasteiger partial charge in [-0.25, -0.2) is 0 Å². The molecule has 2 heterocycles. The first-order valence-electron chi connectivity index (χ1n) is 7.63. The number of aliphatic imine (C=N–C) groups is 1. The van der Waals surface area contributed by atoms with E-state index in [0.717, 1.165) is 45.2 Å². The van der Waals surface area contributed by atoms with Crippen LogP contribution in [-0.2, 0) is 6.54 Å². The highest BCUT2D eigenvalue weighted by atomic mass is 127. The lowest BCUT2D eigenvalue weighted by Crippen LogP contribution is -2.55. The summed E-state index contributed by atoms with van der Waals surface area (Å²) < 4.78 is 2.16. The van der Waals surface area contributed by atoms with Gasteiger partial charge in [0.2, 0.25) is 0 Å². The highest BCUT2D eigenvalue weighted by Crippen LogP contribution is 2.04. The van der Waals surface area contributed by atoms with Crippen molar-refractivity contribution >= 4 is 29.9 Å². The van der Waals surface area contributed by atoms with E-state index in [-0.39, 0.29) is 24.0 Å². The van der Waals surface area contributed by atoms with Crippen molar-refractivity contribution in [3.63, 3.8) is 0 Å². The second-order valence-corrected chi connectivity index (χ2v) is 5.70. The van der Waals surface area contributed by atoms with Gasteiger partial charge in [0, 0.05) is 64.8 Å². The summed E-state index contributed by atoms with van der Waals surface area (Å²) in [6.45, 7) is 6.11. The maximum absolute atomic E-state index is 4.29. The van der Waals surface area contributed by atoms with Crippen molar-refractivity contribution in [3.05, 3.63) is 24.5 Å². The lowest BCUT2D eigenvalue weighted by molar-refractivity contribution is 0.116. The quantitative estimate of drug-likeness (QED) is 0.414. The number of hydrogen-bond donors (Lipinski definition) is 2. The summed E-state index contributed by atoms with van der Waals surface area (Å²) in [5.41, 5.74) is 0. The van der Waals surface area contributed by atoms with Crippen LogP contribution in [0, 0.1) is 0 Å². The van der Waals surface area contributed by atoms with Crippen molar-refractivity contribution in [2.24, 2.45) is 4.99 Å². The van der Waals surface area contributed by atoms with Crippen LogP contribution in [0.4, 0.5) is 0 Å². The molecule has 0 bridgehead atoms. The van der Waals surface area contributed by atoms with Gasteiger partial charge < -0.3 is 20.1 Å². The number of piperazine rings is 1. The fourth-order valence-corrected chi connectivity index (χ4v) is 2.58. The number of aromatic nitrogens is 1. The second kappa shape index (κ2) is 10.1. The Kier molecular flexibility index (Phi) is 8.81. The number of guanidine groups is 1. The van der Waals surface area contributed by atoms with Crippen LogP contribution in [0.3, 0.4) is 0 Å². The minimum absolute atomic E-state index is 0. The van der Waals surface area contributed by atoms with Crippen molar-refractivity contribution in [2.75, 3.05) is 53.9 Å². The van der Waals surface area contributed by atoms with Gasteiger partial charge in [-0.05, 0) is 26.2 Å². The zero-order valence-electron chi connectivity index (χ0n) is 13.8. The summed E-state index contributed by atoms with van der Waals surface area (Å²) in [6.07, 6.45) is 4.15. The Hall–Kier alpha value is -0.800. The molecule has 0 amide bonds. The number of nitrogens with zero attached hydrogens (tertiary/aromatic N) is 4. The first kappa shape index (κ1) is 19.2. The Labute approximate surface area is 151 Å². The lowest BCUT2D eigenvalue weighted by atomic mass is 10.2. The topological polar surface area (TPSA) is 47.8 Å². The molecule has 1 unspecified atom stereocenters. The first-order valence-corrected chi connectivity index (χ1v) is 7.63. The van der Waals surface area contributed by atoms with E-state index in [0.29, 0.717) is 6.04 Å². The molecule has 126 valence electrons. The summed E-state index contributed by atoms with van der Waals surface area (Å²) in [6, 6.07) is 4.62. The summed E-state index contributed by atoms with van der Waals surface area (Å²) >= 11 is 0. The van der Waals surface area contributed by atoms with Gasteiger partial charge in [0.05, 0.1) is 0 Å². The molecular formula is C15H29IN6. The number of rotatable bonds is 5. The molecule has 1 atom stereocenters. The minimum Gasteiger partial charge on any atom is -0.355 e. The van der Waals surface area contributed by atoms with Crippen molar-refractivity contribution in [3.8, 4) is 0 Å². The van der Waals surface area contributed by atoms with Crippen LogP contribution in [0.5, 0.6) is 0 Å². The van der Waals surface area contributed by atoms with Crippen LogP contribution in [0.2, 0.25) is 0 Å². The Morgan fingerprint density at radius 2 is 1.91 bits per heavy atom. The van der Waals surface area contributed by atoms with Gasteiger partial charge in [-0.2, -0.15) is 0 Å². The molecule has 1 saturated heterocycles. The van der Waals surface area contributed by atoms with E-state index in [1.54, 1.807) is 0 Å². The Morgan fingerprint density at radius 1 is 1.18 bits per heavy atom. The molecule has 1 aliphatic rings. The molecule has 0 saturated carbocycles. The van der Waals surface area contributed by atoms with Gasteiger partial charge >= 0.3 is 0 Å². The number of nitrogens with one attached hydrogen (secondary N) is 2. The summed E-state index contributed by atoms with van der Waals surface area (Å²) in [5.74, 6) is 0.879. The van der Waals surface area contributed by atoms with Crippen LogP contribution >= 0.6 is 24.0 Å². The summed E-state index contributed by atoms with van der Waals surface area (Å²) in [5, 5.41) is 6.79. The third-order valence-electron chi connectivity index (χ3n) is 4.04. The van der Waals surface area contributed by atoms with Gasteiger partial charge in [0.25, 0.3) is 0 Å². The molecule has 2 rings (SSSR count). The average Bonchev–Trinajstić information content (AvgIpc) is 2.99. The van der Waals surface area contributed by atoms with Gasteiger partial charge in [0.15, 0.2) is 5.96 Å². The molecule has 1 fully saturated rings. The first-order chi connectivity index (χ1) is 10.2. The zero-order chi connectivity index (χ0) is 15.1. The maximum Gasteiger partial charge on any atom is 0.191 e. The highest BCUT2D eigenvalue weighted by molar-refractivity contribution is 14.0. The average molecular weight is 420 g/mol. The van der Waals surface area contributed by atoms with Gasteiger partial charge in [-0.3, -0.25) is 9.89 Å². The molecule has 1 aliphatic heterocycles. The molecule has 2 N–H and O–H groups in total. The van der Waals surface area contributed by atoms with Crippen molar-refractivity contribution in [2.45, 2.75) is 12.6 Å². The molecule has 22 heavy (non-hydrogen) atoms. The fourth-order valence-electron chi connectivity index (χ4n) is 2.58. The maximum atomic E-state index is 4.29.